The topological polar surface area (TPSA) is 69.8 Å². The summed E-state index contributed by atoms with van der Waals surface area (Å²) in [5.74, 6) is 2.67. The molecule has 1 aromatic heterocycles. The first-order valence-electron chi connectivity index (χ1n) is 12.0. The number of amides is 1. The highest BCUT2D eigenvalue weighted by Crippen LogP contribution is 2.51. The van der Waals surface area contributed by atoms with E-state index in [-0.39, 0.29) is 0 Å². The maximum absolute atomic E-state index is 12.2. The Bertz CT molecular complexity index is 971. The van der Waals surface area contributed by atoms with Crippen LogP contribution in [0.1, 0.15) is 36.4 Å². The summed E-state index contributed by atoms with van der Waals surface area (Å²) in [4.78, 5) is 20.8. The van der Waals surface area contributed by atoms with E-state index in [1.807, 2.05) is 38.2 Å². The van der Waals surface area contributed by atoms with Crippen molar-refractivity contribution in [3.63, 3.8) is 0 Å². The van der Waals surface area contributed by atoms with Crippen LogP contribution in [-0.2, 0) is 11.2 Å². The number of rotatable bonds is 7. The summed E-state index contributed by atoms with van der Waals surface area (Å²) >= 11 is 0. The maximum atomic E-state index is 12.2. The largest absolute Gasteiger partial charge is 0.412 e. The zero-order valence-electron chi connectivity index (χ0n) is 19.5. The molecule has 5 unspecified atom stereocenters. The van der Waals surface area contributed by atoms with E-state index in [2.05, 4.69) is 21.3 Å². The highest BCUT2D eigenvalue weighted by Gasteiger charge is 2.49. The third kappa shape index (κ3) is 4.14. The normalized spacial score (nSPS) is 28.6. The molecule has 4 aliphatic rings. The van der Waals surface area contributed by atoms with Crippen LogP contribution >= 0.6 is 0 Å². The lowest BCUT2D eigenvalue weighted by molar-refractivity contribution is -0.0224. The zero-order chi connectivity index (χ0) is 22.2. The van der Waals surface area contributed by atoms with Gasteiger partial charge in [0.2, 0.25) is 0 Å². The van der Waals surface area contributed by atoms with Crippen LogP contribution in [0.4, 0.5) is 4.79 Å². The lowest BCUT2D eigenvalue weighted by Gasteiger charge is -2.53. The molecule has 7 nitrogen and oxygen atoms in total. The molecule has 2 N–H and O–H groups in total. The molecule has 0 radical (unpaired) electrons. The third-order valence-corrected chi connectivity index (χ3v) is 7.70. The minimum absolute atomic E-state index is 0.395. The molecular weight excluding hydrogens is 404 g/mol. The number of nitrogens with one attached hydrogen (secondary N) is 2. The van der Waals surface area contributed by atoms with Crippen LogP contribution in [0.25, 0.3) is 10.9 Å². The molecule has 1 aromatic carbocycles. The second-order valence-corrected chi connectivity index (χ2v) is 10.1. The van der Waals surface area contributed by atoms with Crippen molar-refractivity contribution in [1.29, 1.82) is 0 Å². The first kappa shape index (κ1) is 21.7. The molecule has 2 saturated heterocycles. The Morgan fingerprint density at radius 2 is 2.19 bits per heavy atom. The van der Waals surface area contributed by atoms with Crippen LogP contribution in [-0.4, -0.2) is 80.9 Å². The minimum Gasteiger partial charge on any atom is -0.410 e. The zero-order valence-corrected chi connectivity index (χ0v) is 19.5. The summed E-state index contributed by atoms with van der Waals surface area (Å²) in [7, 11) is 5.78. The van der Waals surface area contributed by atoms with Crippen molar-refractivity contribution in [3.8, 4) is 5.75 Å². The Morgan fingerprint density at radius 1 is 1.31 bits per heavy atom. The van der Waals surface area contributed by atoms with Crippen molar-refractivity contribution in [2.45, 2.75) is 37.6 Å². The number of fused-ring (bicyclic) bond motifs is 4. The number of benzene rings is 1. The molecule has 1 saturated carbocycles. The summed E-state index contributed by atoms with van der Waals surface area (Å²) in [6, 6.07) is 6.61. The molecule has 7 heteroatoms. The number of hydrogen-bond acceptors (Lipinski definition) is 5. The van der Waals surface area contributed by atoms with Crippen LogP contribution in [0.5, 0.6) is 5.75 Å². The molecule has 6 rings (SSSR count). The number of carbonyl (C=O) groups excluding carboxylic acids is 1. The van der Waals surface area contributed by atoms with E-state index in [0.29, 0.717) is 24.3 Å². The van der Waals surface area contributed by atoms with Gasteiger partial charge in [-0.1, -0.05) is 0 Å². The number of piperidine rings is 2. The molecule has 0 spiro atoms. The predicted octanol–water partition coefficient (Wildman–Crippen LogP) is 3.20. The van der Waals surface area contributed by atoms with Gasteiger partial charge in [0, 0.05) is 68.5 Å². The van der Waals surface area contributed by atoms with Crippen molar-refractivity contribution >= 4 is 17.0 Å². The number of nitrogens with zero attached hydrogens (tertiary/aromatic N) is 2. The second kappa shape index (κ2) is 9.04. The summed E-state index contributed by atoms with van der Waals surface area (Å²) < 4.78 is 11.0. The molecular formula is C25H36N4O3. The maximum Gasteiger partial charge on any atom is 0.412 e. The SMILES string of the molecule is COCCC1CC2CC3c4[nH]c5ccc(OC(=O)NCCN(C)C)cc5c4CCN(C2)C13. The van der Waals surface area contributed by atoms with Gasteiger partial charge in [0.25, 0.3) is 0 Å². The first-order valence-corrected chi connectivity index (χ1v) is 12.0. The fourth-order valence-corrected chi connectivity index (χ4v) is 6.41. The Morgan fingerprint density at radius 3 is 3.00 bits per heavy atom. The molecule has 174 valence electrons. The number of aromatic nitrogens is 1. The standard InChI is InChI=1S/C25H36N4O3/c1-28(2)10-8-26-25(30)32-18-4-5-22-20(14-18)19-6-9-29-15-16-12-17(7-11-31-3)24(29)21(13-16)23(19)27-22/h4-5,14,16-17,21,24,27H,6-13,15H2,1-3H3,(H,26,30). The molecule has 4 heterocycles. The van der Waals surface area contributed by atoms with Crippen LogP contribution in [0.15, 0.2) is 18.2 Å². The average molecular weight is 441 g/mol. The van der Waals surface area contributed by atoms with Crippen molar-refractivity contribution in [2.24, 2.45) is 11.8 Å². The Balaban J connectivity index is 1.38. The number of likely N-dealkylation sites (N-methyl/N-ethyl adjacent to an activating group) is 1. The quantitative estimate of drug-likeness (QED) is 0.692. The number of H-pyrrole nitrogens is 1. The number of hydrogen-bond donors (Lipinski definition) is 2. The summed E-state index contributed by atoms with van der Waals surface area (Å²) in [5, 5.41) is 4.02. The lowest BCUT2D eigenvalue weighted by Crippen LogP contribution is -2.56. The van der Waals surface area contributed by atoms with Crippen LogP contribution in [0, 0.1) is 11.8 Å². The van der Waals surface area contributed by atoms with E-state index in [1.54, 1.807) is 0 Å². The van der Waals surface area contributed by atoms with Gasteiger partial charge in [0.05, 0.1) is 0 Å². The molecule has 5 atom stereocenters. The van der Waals surface area contributed by atoms with Gasteiger partial charge in [0.15, 0.2) is 0 Å². The van der Waals surface area contributed by atoms with E-state index < -0.39 is 6.09 Å². The molecule has 3 fully saturated rings. The summed E-state index contributed by atoms with van der Waals surface area (Å²) in [6.45, 7) is 4.56. The minimum atomic E-state index is -0.395. The third-order valence-electron chi connectivity index (χ3n) is 7.70. The van der Waals surface area contributed by atoms with Crippen molar-refractivity contribution in [1.82, 2.24) is 20.1 Å². The first-order chi connectivity index (χ1) is 15.5. The summed E-state index contributed by atoms with van der Waals surface area (Å²) in [5.41, 5.74) is 4.00. The van der Waals surface area contributed by atoms with E-state index in [9.17, 15) is 4.79 Å². The van der Waals surface area contributed by atoms with Gasteiger partial charge in [-0.25, -0.2) is 4.79 Å². The van der Waals surface area contributed by atoms with Gasteiger partial charge >= 0.3 is 6.09 Å². The fourth-order valence-electron chi connectivity index (χ4n) is 6.41. The van der Waals surface area contributed by atoms with Gasteiger partial charge in [-0.15, -0.1) is 0 Å². The number of aromatic amines is 1. The van der Waals surface area contributed by atoms with Crippen molar-refractivity contribution < 1.29 is 14.3 Å². The Hall–Kier alpha value is -2.09. The Labute approximate surface area is 190 Å². The number of carbonyl (C=O) groups is 1. The average Bonchev–Trinajstić information content (AvgIpc) is 3.08. The van der Waals surface area contributed by atoms with E-state index in [1.165, 1.54) is 36.0 Å². The molecule has 1 amide bonds. The predicted molar refractivity (Wildman–Crippen MR) is 125 cm³/mol. The molecule has 1 aliphatic carbocycles. The molecule has 4 bridgehead atoms. The number of methoxy groups -OCH3 is 1. The van der Waals surface area contributed by atoms with E-state index in [4.69, 9.17) is 9.47 Å². The van der Waals surface area contributed by atoms with Crippen LogP contribution < -0.4 is 10.1 Å². The van der Waals surface area contributed by atoms with Crippen LogP contribution in [0.2, 0.25) is 0 Å². The van der Waals surface area contributed by atoms with Gasteiger partial charge in [-0.05, 0) is 75.4 Å². The monoisotopic (exact) mass is 440 g/mol. The Kier molecular flexibility index (Phi) is 6.14. The summed E-state index contributed by atoms with van der Waals surface area (Å²) in [6.07, 6.45) is 4.43. The number of ether oxygens (including phenoxy) is 2. The van der Waals surface area contributed by atoms with Gasteiger partial charge < -0.3 is 24.7 Å². The highest BCUT2D eigenvalue weighted by atomic mass is 16.6. The molecule has 32 heavy (non-hydrogen) atoms. The fraction of sp³-hybridized carbons (Fsp3) is 0.640. The van der Waals surface area contributed by atoms with Crippen LogP contribution in [0.3, 0.4) is 0 Å². The smallest absolute Gasteiger partial charge is 0.410 e. The van der Waals surface area contributed by atoms with E-state index >= 15 is 0 Å². The highest BCUT2D eigenvalue weighted by molar-refractivity contribution is 5.87. The van der Waals surface area contributed by atoms with Crippen molar-refractivity contribution in [2.75, 3.05) is 54.0 Å². The van der Waals surface area contributed by atoms with Crippen molar-refractivity contribution in [3.05, 3.63) is 29.5 Å². The second-order valence-electron chi connectivity index (χ2n) is 10.1. The van der Waals surface area contributed by atoms with Gasteiger partial charge in [-0.2, -0.15) is 0 Å². The van der Waals surface area contributed by atoms with Gasteiger partial charge in [0.1, 0.15) is 5.75 Å². The molecule has 3 aliphatic heterocycles. The molecule has 2 aromatic rings. The van der Waals surface area contributed by atoms with E-state index in [0.717, 1.165) is 49.9 Å². The lowest BCUT2D eigenvalue weighted by atomic mass is 9.65. The van der Waals surface area contributed by atoms with Gasteiger partial charge in [-0.3, -0.25) is 4.90 Å².